The summed E-state index contributed by atoms with van der Waals surface area (Å²) in [5.41, 5.74) is 0. The predicted octanol–water partition coefficient (Wildman–Crippen LogP) is 0.196. The lowest BCUT2D eigenvalue weighted by Gasteiger charge is -2.24. The van der Waals surface area contributed by atoms with E-state index in [1.807, 2.05) is 0 Å². The van der Waals surface area contributed by atoms with Gasteiger partial charge >= 0.3 is 0 Å². The Bertz CT molecular complexity index is 230. The van der Waals surface area contributed by atoms with Gasteiger partial charge < -0.3 is 15.5 Å². The van der Waals surface area contributed by atoms with Gasteiger partial charge in [0.2, 0.25) is 5.91 Å². The summed E-state index contributed by atoms with van der Waals surface area (Å²) in [7, 11) is 1.71. The van der Waals surface area contributed by atoms with E-state index in [0.29, 0.717) is 12.5 Å². The Morgan fingerprint density at radius 3 is 3.12 bits per heavy atom. The smallest absolute Gasteiger partial charge is 0.219 e. The second kappa shape index (κ2) is 5.64. The molecule has 0 aromatic heterocycles. The summed E-state index contributed by atoms with van der Waals surface area (Å²) in [4.78, 5) is 13.6. The number of carbonyl (C=O) groups excluding carboxylic acids is 1. The average molecular weight is 225 g/mol. The van der Waals surface area contributed by atoms with Crippen LogP contribution >= 0.6 is 0 Å². The molecule has 2 aliphatic heterocycles. The number of fused-ring (bicyclic) bond motifs is 1. The molecule has 0 aromatic carbocycles. The Kier molecular flexibility index (Phi) is 4.18. The normalized spacial score (nSPS) is 30.1. The molecule has 2 heterocycles. The van der Waals surface area contributed by atoms with E-state index >= 15 is 0 Å². The van der Waals surface area contributed by atoms with E-state index in [1.165, 1.54) is 32.5 Å². The molecule has 0 radical (unpaired) electrons. The largest absolute Gasteiger partial charge is 0.359 e. The molecule has 0 spiro atoms. The predicted molar refractivity (Wildman–Crippen MR) is 64.3 cm³/mol. The van der Waals surface area contributed by atoms with E-state index in [2.05, 4.69) is 15.5 Å². The van der Waals surface area contributed by atoms with Gasteiger partial charge in [0, 0.05) is 32.6 Å². The van der Waals surface area contributed by atoms with E-state index < -0.39 is 0 Å². The first-order chi connectivity index (χ1) is 7.79. The van der Waals surface area contributed by atoms with Gasteiger partial charge in [0.25, 0.3) is 0 Å². The van der Waals surface area contributed by atoms with Crippen molar-refractivity contribution in [1.29, 1.82) is 0 Å². The minimum Gasteiger partial charge on any atom is -0.359 e. The summed E-state index contributed by atoms with van der Waals surface area (Å²) >= 11 is 0. The quantitative estimate of drug-likeness (QED) is 0.718. The van der Waals surface area contributed by atoms with Crippen LogP contribution in [0.15, 0.2) is 0 Å². The van der Waals surface area contributed by atoms with Crippen molar-refractivity contribution < 1.29 is 4.79 Å². The van der Waals surface area contributed by atoms with Crippen molar-refractivity contribution >= 4 is 5.91 Å². The highest BCUT2D eigenvalue weighted by molar-refractivity contribution is 5.75. The maximum Gasteiger partial charge on any atom is 0.219 e. The molecule has 1 amide bonds. The summed E-state index contributed by atoms with van der Waals surface area (Å²) in [5, 5.41) is 6.27. The van der Waals surface area contributed by atoms with Crippen LogP contribution in [0.4, 0.5) is 0 Å². The Morgan fingerprint density at radius 1 is 1.50 bits per heavy atom. The Balaban J connectivity index is 1.66. The fourth-order valence-corrected chi connectivity index (χ4v) is 2.91. The molecule has 92 valence electrons. The Morgan fingerprint density at radius 2 is 2.38 bits per heavy atom. The number of carbonyl (C=O) groups is 1. The summed E-state index contributed by atoms with van der Waals surface area (Å²) in [6, 6.07) is 0.716. The number of piperidine rings is 1. The standard InChI is InChI=1S/C12H23N3O/c1-13-12(16)5-3-7-15-8-10-4-2-6-14-11(10)9-15/h10-11,14H,2-9H2,1H3,(H,13,16)/t10-,11+/m0/s1. The van der Waals surface area contributed by atoms with Crippen LogP contribution in [0.3, 0.4) is 0 Å². The number of nitrogens with zero attached hydrogens (tertiary/aromatic N) is 1. The lowest BCUT2D eigenvalue weighted by atomic mass is 9.94. The molecule has 0 aliphatic carbocycles. The molecule has 2 N–H and O–H groups in total. The van der Waals surface area contributed by atoms with E-state index in [0.717, 1.165) is 18.9 Å². The van der Waals surface area contributed by atoms with Gasteiger partial charge in [-0.25, -0.2) is 0 Å². The molecule has 2 atom stereocenters. The maximum atomic E-state index is 11.1. The maximum absolute atomic E-state index is 11.1. The molecule has 2 rings (SSSR count). The molecule has 0 saturated carbocycles. The fraction of sp³-hybridized carbons (Fsp3) is 0.917. The van der Waals surface area contributed by atoms with Gasteiger partial charge in [-0.05, 0) is 38.3 Å². The van der Waals surface area contributed by atoms with Gasteiger partial charge in [-0.1, -0.05) is 0 Å². The van der Waals surface area contributed by atoms with Crippen molar-refractivity contribution in [2.45, 2.75) is 31.7 Å². The molecule has 0 aromatic rings. The van der Waals surface area contributed by atoms with Crippen LogP contribution in [0.5, 0.6) is 0 Å². The van der Waals surface area contributed by atoms with Crippen molar-refractivity contribution in [1.82, 2.24) is 15.5 Å². The zero-order chi connectivity index (χ0) is 11.4. The first-order valence-corrected chi connectivity index (χ1v) is 6.46. The molecule has 0 bridgehead atoms. The van der Waals surface area contributed by atoms with Crippen LogP contribution in [0.1, 0.15) is 25.7 Å². The number of amides is 1. The summed E-state index contributed by atoms with van der Waals surface area (Å²) in [5.74, 6) is 1.02. The SMILES string of the molecule is CNC(=O)CCCN1C[C@@H]2CCCN[C@@H]2C1. The van der Waals surface area contributed by atoms with E-state index in [9.17, 15) is 4.79 Å². The number of likely N-dealkylation sites (tertiary alicyclic amines) is 1. The number of rotatable bonds is 4. The zero-order valence-corrected chi connectivity index (χ0v) is 10.2. The third-order valence-electron chi connectivity index (χ3n) is 3.83. The van der Waals surface area contributed by atoms with Crippen LogP contribution in [-0.2, 0) is 4.79 Å². The van der Waals surface area contributed by atoms with Crippen LogP contribution < -0.4 is 10.6 Å². The second-order valence-electron chi connectivity index (χ2n) is 5.00. The molecule has 2 aliphatic rings. The monoisotopic (exact) mass is 225 g/mol. The van der Waals surface area contributed by atoms with Crippen molar-refractivity contribution in [3.63, 3.8) is 0 Å². The number of hydrogen-bond acceptors (Lipinski definition) is 3. The Labute approximate surface area is 97.8 Å². The van der Waals surface area contributed by atoms with E-state index in [4.69, 9.17) is 0 Å². The first kappa shape index (κ1) is 11.9. The second-order valence-corrected chi connectivity index (χ2v) is 5.00. The van der Waals surface area contributed by atoms with Crippen molar-refractivity contribution in [2.75, 3.05) is 33.2 Å². The minimum atomic E-state index is 0.162. The minimum absolute atomic E-state index is 0.162. The highest BCUT2D eigenvalue weighted by atomic mass is 16.1. The van der Waals surface area contributed by atoms with Crippen molar-refractivity contribution in [3.8, 4) is 0 Å². The third-order valence-corrected chi connectivity index (χ3v) is 3.83. The number of nitrogens with one attached hydrogen (secondary N) is 2. The topological polar surface area (TPSA) is 44.4 Å². The van der Waals surface area contributed by atoms with Crippen LogP contribution in [-0.4, -0.2) is 50.1 Å². The van der Waals surface area contributed by atoms with Gasteiger partial charge in [0.1, 0.15) is 0 Å². The van der Waals surface area contributed by atoms with Gasteiger partial charge in [-0.15, -0.1) is 0 Å². The zero-order valence-electron chi connectivity index (χ0n) is 10.2. The van der Waals surface area contributed by atoms with Gasteiger partial charge in [-0.3, -0.25) is 4.79 Å². The summed E-state index contributed by atoms with van der Waals surface area (Å²) in [6.45, 7) is 4.67. The lowest BCUT2D eigenvalue weighted by molar-refractivity contribution is -0.120. The summed E-state index contributed by atoms with van der Waals surface area (Å²) < 4.78 is 0. The van der Waals surface area contributed by atoms with Crippen LogP contribution in [0.2, 0.25) is 0 Å². The highest BCUT2D eigenvalue weighted by Gasteiger charge is 2.33. The van der Waals surface area contributed by atoms with Crippen LogP contribution in [0, 0.1) is 5.92 Å². The summed E-state index contributed by atoms with van der Waals surface area (Å²) in [6.07, 6.45) is 4.35. The highest BCUT2D eigenvalue weighted by Crippen LogP contribution is 2.24. The Hall–Kier alpha value is -0.610. The number of hydrogen-bond donors (Lipinski definition) is 2. The molecule has 0 unspecified atom stereocenters. The average Bonchev–Trinajstić information content (AvgIpc) is 2.71. The molecule has 2 saturated heterocycles. The van der Waals surface area contributed by atoms with E-state index in [1.54, 1.807) is 7.05 Å². The van der Waals surface area contributed by atoms with Crippen molar-refractivity contribution in [3.05, 3.63) is 0 Å². The third kappa shape index (κ3) is 2.95. The van der Waals surface area contributed by atoms with Crippen molar-refractivity contribution in [2.24, 2.45) is 5.92 Å². The fourth-order valence-electron chi connectivity index (χ4n) is 2.91. The molecule has 4 heteroatoms. The first-order valence-electron chi connectivity index (χ1n) is 6.46. The van der Waals surface area contributed by atoms with Gasteiger partial charge in [-0.2, -0.15) is 0 Å². The van der Waals surface area contributed by atoms with Gasteiger partial charge in [0.15, 0.2) is 0 Å². The van der Waals surface area contributed by atoms with E-state index in [-0.39, 0.29) is 5.91 Å². The molecule has 2 fully saturated rings. The molecule has 16 heavy (non-hydrogen) atoms. The molecule has 4 nitrogen and oxygen atoms in total. The lowest BCUT2D eigenvalue weighted by Crippen LogP contribution is -2.40. The van der Waals surface area contributed by atoms with Crippen LogP contribution in [0.25, 0.3) is 0 Å². The molecular weight excluding hydrogens is 202 g/mol. The molecular formula is C12H23N3O. The van der Waals surface area contributed by atoms with Gasteiger partial charge in [0.05, 0.1) is 0 Å².